The molecule has 0 aromatic heterocycles. The predicted octanol–water partition coefficient (Wildman–Crippen LogP) is 13.0. The lowest BCUT2D eigenvalue weighted by molar-refractivity contribution is 1.28. The van der Waals surface area contributed by atoms with E-state index in [1.54, 1.807) is 11.0 Å². The van der Waals surface area contributed by atoms with Crippen LogP contribution in [0.4, 0.5) is 17.1 Å². The van der Waals surface area contributed by atoms with Crippen LogP contribution in [-0.2, 0) is 0 Å². The van der Waals surface area contributed by atoms with Crippen molar-refractivity contribution >= 4 is 27.8 Å². The molecule has 0 heterocycles. The number of anilines is 3. The maximum absolute atomic E-state index is 9.43. The summed E-state index contributed by atoms with van der Waals surface area (Å²) in [5.41, 5.74) is 2.47. The van der Waals surface area contributed by atoms with Crippen molar-refractivity contribution in [2.75, 3.05) is 4.90 Å². The van der Waals surface area contributed by atoms with Gasteiger partial charge in [-0.1, -0.05) is 157 Å². The Labute approximate surface area is 294 Å². The van der Waals surface area contributed by atoms with Crippen LogP contribution in [0.15, 0.2) is 200 Å². The summed E-state index contributed by atoms with van der Waals surface area (Å²) in [5.74, 6) is 0. The summed E-state index contributed by atoms with van der Waals surface area (Å²) in [7, 11) is 0. The van der Waals surface area contributed by atoms with Crippen molar-refractivity contribution in [3.63, 3.8) is 0 Å². The van der Waals surface area contributed by atoms with Gasteiger partial charge in [0, 0.05) is 17.1 Å². The van der Waals surface area contributed by atoms with E-state index in [0.29, 0.717) is 11.4 Å². The Morgan fingerprint density at radius 3 is 1.53 bits per heavy atom. The SMILES string of the molecule is [2H]c1c([2H])c([2H])c(-c2c([2H])c([2H])c(-c3c([2H])c([2H])c(N(c4ccc(-c5ccccc5)cc4)c4cccc(-c5ccc6ccccc6c5)c4)c([2H])c3[2H])c([2H])c2[2H])c([2H])c1[2H]. The summed E-state index contributed by atoms with van der Waals surface area (Å²) in [5, 5.41) is 2.12. The van der Waals surface area contributed by atoms with Gasteiger partial charge in [0.25, 0.3) is 0 Å². The molecule has 8 aromatic carbocycles. The summed E-state index contributed by atoms with van der Waals surface area (Å²) < 4.78 is 114. The van der Waals surface area contributed by atoms with Crippen LogP contribution < -0.4 is 4.90 Å². The van der Waals surface area contributed by atoms with Crippen molar-refractivity contribution < 1.29 is 17.8 Å². The quantitative estimate of drug-likeness (QED) is 0.173. The van der Waals surface area contributed by atoms with Crippen molar-refractivity contribution in [2.24, 2.45) is 0 Å². The molecule has 0 saturated heterocycles. The first-order chi connectivity index (χ1) is 28.7. The molecule has 1 heteroatoms. The van der Waals surface area contributed by atoms with Gasteiger partial charge in [-0.05, 0) is 97.7 Å². The van der Waals surface area contributed by atoms with Gasteiger partial charge in [0.15, 0.2) is 0 Å². The molecule has 1 nitrogen and oxygen atoms in total. The van der Waals surface area contributed by atoms with Crippen molar-refractivity contribution in [3.05, 3.63) is 200 Å². The maximum Gasteiger partial charge on any atom is 0.0645 e. The lowest BCUT2D eigenvalue weighted by atomic mass is 9.99. The van der Waals surface area contributed by atoms with Gasteiger partial charge >= 0.3 is 0 Å². The molecule has 0 unspecified atom stereocenters. The van der Waals surface area contributed by atoms with Gasteiger partial charge in [-0.3, -0.25) is 0 Å². The second-order valence-electron chi connectivity index (χ2n) is 10.8. The summed E-state index contributed by atoms with van der Waals surface area (Å²) >= 11 is 0. The zero-order valence-corrected chi connectivity index (χ0v) is 25.0. The van der Waals surface area contributed by atoms with Crippen LogP contribution >= 0.6 is 0 Å². The first-order valence-corrected chi connectivity index (χ1v) is 15.0. The Balaban J connectivity index is 1.33. The zero-order valence-electron chi connectivity index (χ0n) is 38.0. The van der Waals surface area contributed by atoms with Crippen LogP contribution in [0.25, 0.3) is 55.3 Å². The van der Waals surface area contributed by atoms with E-state index in [9.17, 15) is 5.48 Å². The van der Waals surface area contributed by atoms with Gasteiger partial charge in [-0.15, -0.1) is 0 Å². The van der Waals surface area contributed by atoms with Gasteiger partial charge in [-0.2, -0.15) is 0 Å². The minimum Gasteiger partial charge on any atom is -0.310 e. The molecular formula is C46H33N. The fourth-order valence-electron chi connectivity index (χ4n) is 5.51. The molecule has 0 saturated carbocycles. The number of nitrogens with zero attached hydrogens (tertiary/aromatic N) is 1. The molecule has 0 atom stereocenters. The molecule has 47 heavy (non-hydrogen) atoms. The highest BCUT2D eigenvalue weighted by Gasteiger charge is 2.15. The number of fused-ring (bicyclic) bond motifs is 1. The monoisotopic (exact) mass is 612 g/mol. The lowest BCUT2D eigenvalue weighted by Gasteiger charge is -2.26. The molecule has 0 aliphatic rings. The van der Waals surface area contributed by atoms with Gasteiger partial charge in [0.05, 0.1) is 17.8 Å². The minimum atomic E-state index is -0.767. The molecule has 0 spiro atoms. The molecular weight excluding hydrogens is 567 g/mol. The van der Waals surface area contributed by atoms with Gasteiger partial charge in [-0.25, -0.2) is 0 Å². The van der Waals surface area contributed by atoms with Crippen molar-refractivity contribution in [3.8, 4) is 44.5 Å². The number of benzene rings is 8. The van der Waals surface area contributed by atoms with Gasteiger partial charge < -0.3 is 4.90 Å². The Hall–Kier alpha value is -6.18. The van der Waals surface area contributed by atoms with E-state index in [4.69, 9.17) is 12.3 Å². The second-order valence-corrected chi connectivity index (χ2v) is 10.8. The normalized spacial score (nSPS) is 14.9. The number of rotatable bonds is 7. The number of hydrogen-bond donors (Lipinski definition) is 0. The van der Waals surface area contributed by atoms with Crippen molar-refractivity contribution in [1.82, 2.24) is 0 Å². The molecule has 222 valence electrons. The standard InChI is InChI=1S/C46H33N/c1-3-10-34(11-4-1)37-18-20-38(21-19-37)40-26-30-45(31-27-40)47(44-28-24-39(25-29-44)35-12-5-2-6-13-35)46-17-9-16-42(33-46)43-23-22-36-14-7-8-15-41(36)32-43/h1-33H/i1D,3D,4D,10D,11D,18D,19D,20D,21D,26D,27D,30D,31D. The van der Waals surface area contributed by atoms with Crippen LogP contribution in [0.5, 0.6) is 0 Å². The first kappa shape index (κ1) is 17.5. The largest absolute Gasteiger partial charge is 0.310 e. The van der Waals surface area contributed by atoms with Crippen LogP contribution in [-0.4, -0.2) is 0 Å². The van der Waals surface area contributed by atoms with E-state index < -0.39 is 101 Å². The summed E-state index contributed by atoms with van der Waals surface area (Å²) in [6, 6.07) is 29.9. The Morgan fingerprint density at radius 2 is 0.830 bits per heavy atom. The third kappa shape index (κ3) is 5.95. The Bertz CT molecular complexity index is 2940. The Morgan fingerprint density at radius 1 is 0.298 bits per heavy atom. The average molecular weight is 613 g/mol. The topological polar surface area (TPSA) is 3.24 Å². The molecule has 0 aliphatic heterocycles. The molecule has 8 aromatic rings. The molecule has 0 aliphatic carbocycles. The zero-order chi connectivity index (χ0) is 42.7. The van der Waals surface area contributed by atoms with Crippen LogP contribution in [0.3, 0.4) is 0 Å². The third-order valence-corrected chi connectivity index (χ3v) is 7.88. The van der Waals surface area contributed by atoms with Gasteiger partial charge in [0.1, 0.15) is 0 Å². The van der Waals surface area contributed by atoms with Crippen LogP contribution in [0, 0.1) is 0 Å². The van der Waals surface area contributed by atoms with Crippen molar-refractivity contribution in [1.29, 1.82) is 0 Å². The molecule has 0 radical (unpaired) electrons. The highest BCUT2D eigenvalue weighted by molar-refractivity contribution is 5.89. The molecule has 0 N–H and O–H groups in total. The molecule has 0 amide bonds. The van der Waals surface area contributed by atoms with Crippen molar-refractivity contribution in [2.45, 2.75) is 0 Å². The molecule has 8 rings (SSSR count). The van der Waals surface area contributed by atoms with E-state index in [-0.39, 0.29) is 5.69 Å². The summed E-state index contributed by atoms with van der Waals surface area (Å²) in [6.45, 7) is 0. The maximum atomic E-state index is 9.43. The minimum absolute atomic E-state index is 0.122. The predicted molar refractivity (Wildman–Crippen MR) is 200 cm³/mol. The summed E-state index contributed by atoms with van der Waals surface area (Å²) in [4.78, 5) is 1.63. The average Bonchev–Trinajstić information content (AvgIpc) is 3.27. The highest BCUT2D eigenvalue weighted by Crippen LogP contribution is 2.39. The van der Waals surface area contributed by atoms with Crippen LogP contribution in [0.2, 0.25) is 0 Å². The lowest BCUT2D eigenvalue weighted by Crippen LogP contribution is -2.10. The van der Waals surface area contributed by atoms with E-state index in [0.717, 1.165) is 33.0 Å². The molecule has 0 bridgehead atoms. The van der Waals surface area contributed by atoms with E-state index >= 15 is 0 Å². The first-order valence-electron chi connectivity index (χ1n) is 21.5. The fourth-order valence-corrected chi connectivity index (χ4v) is 5.51. The van der Waals surface area contributed by atoms with E-state index in [1.807, 2.05) is 109 Å². The van der Waals surface area contributed by atoms with E-state index in [1.165, 1.54) is 0 Å². The fraction of sp³-hybridized carbons (Fsp3) is 0. The second kappa shape index (κ2) is 12.7. The van der Waals surface area contributed by atoms with E-state index in [2.05, 4.69) is 6.07 Å². The van der Waals surface area contributed by atoms with Crippen LogP contribution in [0.1, 0.15) is 17.8 Å². The highest BCUT2D eigenvalue weighted by atomic mass is 15.1. The number of hydrogen-bond acceptors (Lipinski definition) is 1. The van der Waals surface area contributed by atoms with Gasteiger partial charge in [0.2, 0.25) is 0 Å². The Kier molecular flexibility index (Phi) is 4.72. The summed E-state index contributed by atoms with van der Waals surface area (Å²) in [6.07, 6.45) is 0. The third-order valence-electron chi connectivity index (χ3n) is 7.88. The molecule has 0 fully saturated rings. The smallest absolute Gasteiger partial charge is 0.0645 e.